The predicted octanol–water partition coefficient (Wildman–Crippen LogP) is 5.29. The lowest BCUT2D eigenvalue weighted by molar-refractivity contribution is -0.114. The van der Waals surface area contributed by atoms with Crippen LogP contribution >= 0.6 is 15.9 Å². The molecule has 0 saturated carbocycles. The highest BCUT2D eigenvalue weighted by atomic mass is 79.9. The number of carbonyl (C=O) groups is 1. The fourth-order valence-corrected chi connectivity index (χ4v) is 3.20. The summed E-state index contributed by atoms with van der Waals surface area (Å²) in [6.07, 6.45) is 1.86. The Balaban J connectivity index is 2.13. The van der Waals surface area contributed by atoms with Crippen LogP contribution in [0.2, 0.25) is 0 Å². The highest BCUT2D eigenvalue weighted by molar-refractivity contribution is 9.10. The van der Waals surface area contributed by atoms with E-state index in [1.807, 2.05) is 54.6 Å². The van der Waals surface area contributed by atoms with Gasteiger partial charge in [0.15, 0.2) is 0 Å². The maximum Gasteiger partial charge on any atom is 0.280 e. The molecule has 1 heterocycles. The van der Waals surface area contributed by atoms with E-state index < -0.39 is 0 Å². The number of amides is 1. The van der Waals surface area contributed by atoms with Crippen molar-refractivity contribution in [2.45, 2.75) is 20.8 Å². The minimum absolute atomic E-state index is 0.136. The highest BCUT2D eigenvalue weighted by Crippen LogP contribution is 2.34. The van der Waals surface area contributed by atoms with Gasteiger partial charge in [-0.25, -0.2) is 0 Å². The van der Waals surface area contributed by atoms with Crippen LogP contribution < -0.4 is 9.75 Å². The second kappa shape index (κ2) is 7.08. The fraction of sp³-hybridized carbons (Fsp3) is 0.238. The van der Waals surface area contributed by atoms with Gasteiger partial charge in [-0.15, -0.1) is 0 Å². The minimum atomic E-state index is -0.274. The zero-order valence-corrected chi connectivity index (χ0v) is 16.9. The molecule has 1 aliphatic heterocycles. The Morgan fingerprint density at radius 3 is 2.42 bits per heavy atom. The second-order valence-electron chi connectivity index (χ2n) is 7.10. The van der Waals surface area contributed by atoms with Crippen LogP contribution in [0.3, 0.4) is 0 Å². The third kappa shape index (κ3) is 3.58. The Morgan fingerprint density at radius 1 is 1.12 bits per heavy atom. The van der Waals surface area contributed by atoms with Crippen molar-refractivity contribution >= 4 is 39.3 Å². The van der Waals surface area contributed by atoms with E-state index in [0.29, 0.717) is 11.3 Å². The quantitative estimate of drug-likeness (QED) is 0.642. The summed E-state index contributed by atoms with van der Waals surface area (Å²) >= 11 is 3.48. The summed E-state index contributed by atoms with van der Waals surface area (Å²) in [4.78, 5) is 13.1. The summed E-state index contributed by atoms with van der Waals surface area (Å²) < 4.78 is 6.37. The summed E-state index contributed by atoms with van der Waals surface area (Å²) in [7, 11) is 1.62. The Labute approximate surface area is 162 Å². The maximum atomic E-state index is 13.1. The Bertz CT molecular complexity index is 896. The number of para-hydroxylation sites is 1. The number of anilines is 1. The van der Waals surface area contributed by atoms with Crippen LogP contribution in [0, 0.1) is 5.41 Å². The Kier molecular flexibility index (Phi) is 5.01. The van der Waals surface area contributed by atoms with Gasteiger partial charge in [-0.1, -0.05) is 54.9 Å². The van der Waals surface area contributed by atoms with E-state index in [1.54, 1.807) is 7.11 Å². The number of halogens is 1. The first kappa shape index (κ1) is 18.4. The van der Waals surface area contributed by atoms with Crippen molar-refractivity contribution in [3.63, 3.8) is 0 Å². The van der Waals surface area contributed by atoms with E-state index in [4.69, 9.17) is 4.74 Å². The van der Waals surface area contributed by atoms with Gasteiger partial charge in [0.2, 0.25) is 0 Å². The molecule has 5 heteroatoms. The third-order valence-corrected chi connectivity index (χ3v) is 4.57. The average Bonchev–Trinajstić information content (AvgIpc) is 2.93. The van der Waals surface area contributed by atoms with Crippen LogP contribution in [0.4, 0.5) is 5.69 Å². The van der Waals surface area contributed by atoms with Crippen molar-refractivity contribution in [2.24, 2.45) is 10.5 Å². The fourth-order valence-electron chi connectivity index (χ4n) is 2.82. The zero-order valence-electron chi connectivity index (χ0n) is 15.3. The average molecular weight is 413 g/mol. The van der Waals surface area contributed by atoms with Crippen molar-refractivity contribution in [1.29, 1.82) is 0 Å². The second-order valence-corrected chi connectivity index (χ2v) is 8.01. The summed E-state index contributed by atoms with van der Waals surface area (Å²) in [5.74, 6) is 0.572. The van der Waals surface area contributed by atoms with E-state index in [1.165, 1.54) is 5.01 Å². The van der Waals surface area contributed by atoms with Gasteiger partial charge in [-0.3, -0.25) is 4.79 Å². The standard InChI is InChI=1S/C21H21BrN2O2/c1-21(2,3)19-17(13-14-12-15(22)10-11-18(14)26-4)20(25)24(23-19)16-8-6-5-7-9-16/h5-13H,1-4H3/b17-13+. The number of hydrogen-bond acceptors (Lipinski definition) is 3. The molecule has 0 bridgehead atoms. The molecule has 0 atom stereocenters. The molecule has 0 N–H and O–H groups in total. The molecule has 2 aromatic carbocycles. The molecule has 0 spiro atoms. The van der Waals surface area contributed by atoms with E-state index >= 15 is 0 Å². The van der Waals surface area contributed by atoms with Gasteiger partial charge in [0, 0.05) is 15.5 Å². The number of hydrazone groups is 1. The largest absolute Gasteiger partial charge is 0.496 e. The molecule has 0 aliphatic carbocycles. The Hall–Kier alpha value is -2.40. The molecule has 0 radical (unpaired) electrons. The predicted molar refractivity (Wildman–Crippen MR) is 109 cm³/mol. The highest BCUT2D eigenvalue weighted by Gasteiger charge is 2.37. The number of ether oxygens (including phenoxy) is 1. The Morgan fingerprint density at radius 2 is 1.81 bits per heavy atom. The van der Waals surface area contributed by atoms with Crippen molar-refractivity contribution < 1.29 is 9.53 Å². The number of hydrogen-bond donors (Lipinski definition) is 0. The molecule has 1 amide bonds. The van der Waals surface area contributed by atoms with Crippen LogP contribution in [-0.4, -0.2) is 18.7 Å². The molecular weight excluding hydrogens is 392 g/mol. The van der Waals surface area contributed by atoms with E-state index in [2.05, 4.69) is 41.8 Å². The molecule has 26 heavy (non-hydrogen) atoms. The molecule has 3 rings (SSSR count). The van der Waals surface area contributed by atoms with Crippen LogP contribution in [0.5, 0.6) is 5.75 Å². The molecule has 1 aliphatic rings. The molecule has 0 aromatic heterocycles. The lowest BCUT2D eigenvalue weighted by atomic mass is 9.85. The molecule has 0 unspecified atom stereocenters. The van der Waals surface area contributed by atoms with Crippen LogP contribution in [-0.2, 0) is 4.79 Å². The number of carbonyl (C=O) groups excluding carboxylic acids is 1. The topological polar surface area (TPSA) is 41.9 Å². The molecule has 4 nitrogen and oxygen atoms in total. The maximum absolute atomic E-state index is 13.1. The lowest BCUT2D eigenvalue weighted by Crippen LogP contribution is -2.24. The van der Waals surface area contributed by atoms with Crippen molar-refractivity contribution in [2.75, 3.05) is 12.1 Å². The van der Waals surface area contributed by atoms with E-state index in [9.17, 15) is 4.79 Å². The van der Waals surface area contributed by atoms with Crippen molar-refractivity contribution in [1.82, 2.24) is 0 Å². The van der Waals surface area contributed by atoms with Gasteiger partial charge in [-0.2, -0.15) is 10.1 Å². The summed E-state index contributed by atoms with van der Waals surface area (Å²) in [6.45, 7) is 6.17. The number of rotatable bonds is 3. The minimum Gasteiger partial charge on any atom is -0.496 e. The smallest absolute Gasteiger partial charge is 0.280 e. The monoisotopic (exact) mass is 412 g/mol. The summed E-state index contributed by atoms with van der Waals surface area (Å²) in [5, 5.41) is 6.11. The SMILES string of the molecule is COc1ccc(Br)cc1/C=C1/C(=O)N(c2ccccc2)N=C1C(C)(C)C. The van der Waals surface area contributed by atoms with Gasteiger partial charge in [0.05, 0.1) is 24.1 Å². The van der Waals surface area contributed by atoms with Gasteiger partial charge < -0.3 is 4.74 Å². The third-order valence-electron chi connectivity index (χ3n) is 4.08. The van der Waals surface area contributed by atoms with Gasteiger partial charge >= 0.3 is 0 Å². The first-order valence-corrected chi connectivity index (χ1v) is 9.15. The van der Waals surface area contributed by atoms with Gasteiger partial charge in [0.1, 0.15) is 5.75 Å². The van der Waals surface area contributed by atoms with E-state index in [0.717, 1.165) is 21.4 Å². The number of methoxy groups -OCH3 is 1. The first-order valence-electron chi connectivity index (χ1n) is 8.35. The molecule has 134 valence electrons. The summed E-state index contributed by atoms with van der Waals surface area (Å²) in [6, 6.07) is 15.2. The van der Waals surface area contributed by atoms with Crippen LogP contribution in [0.15, 0.2) is 63.7 Å². The normalized spacial score (nSPS) is 16.2. The van der Waals surface area contributed by atoms with Gasteiger partial charge in [0.25, 0.3) is 5.91 Å². The van der Waals surface area contributed by atoms with Crippen molar-refractivity contribution in [3.05, 3.63) is 64.1 Å². The molecular formula is C21H21BrN2O2. The van der Waals surface area contributed by atoms with Gasteiger partial charge in [-0.05, 0) is 36.4 Å². The zero-order chi connectivity index (χ0) is 18.9. The molecule has 0 saturated heterocycles. The van der Waals surface area contributed by atoms with Crippen LogP contribution in [0.1, 0.15) is 26.3 Å². The first-order chi connectivity index (χ1) is 12.3. The van der Waals surface area contributed by atoms with E-state index in [-0.39, 0.29) is 11.3 Å². The van der Waals surface area contributed by atoms with Crippen molar-refractivity contribution in [3.8, 4) is 5.75 Å². The number of nitrogens with zero attached hydrogens (tertiary/aromatic N) is 2. The van der Waals surface area contributed by atoms with Crippen LogP contribution in [0.25, 0.3) is 6.08 Å². The molecule has 0 fully saturated rings. The molecule has 2 aromatic rings. The lowest BCUT2D eigenvalue weighted by Gasteiger charge is -2.18. The summed E-state index contributed by atoms with van der Waals surface area (Å²) in [5.41, 5.74) is 2.65. The number of benzene rings is 2.